The SMILES string of the molecule is Cc1cc(C)c(S(=O)(=O)N(CC(=O)NN=Cc2ccccc2)Cc2ccc(Cl)cc2)c(C)c1. The van der Waals surface area contributed by atoms with Gasteiger partial charge in [0.25, 0.3) is 5.91 Å². The summed E-state index contributed by atoms with van der Waals surface area (Å²) in [6, 6.07) is 19.8. The second kappa shape index (κ2) is 10.7. The third kappa shape index (κ3) is 6.51. The molecule has 3 aromatic carbocycles. The lowest BCUT2D eigenvalue weighted by Crippen LogP contribution is -2.39. The first-order chi connectivity index (χ1) is 15.7. The lowest BCUT2D eigenvalue weighted by atomic mass is 10.1. The van der Waals surface area contributed by atoms with Crippen LogP contribution in [-0.4, -0.2) is 31.4 Å². The van der Waals surface area contributed by atoms with E-state index in [-0.39, 0.29) is 18.0 Å². The van der Waals surface area contributed by atoms with Gasteiger partial charge in [-0.1, -0.05) is 71.8 Å². The number of nitrogens with one attached hydrogen (secondary N) is 1. The maximum Gasteiger partial charge on any atom is 0.255 e. The van der Waals surface area contributed by atoms with E-state index >= 15 is 0 Å². The maximum absolute atomic E-state index is 13.7. The Labute approximate surface area is 200 Å². The highest BCUT2D eigenvalue weighted by Crippen LogP contribution is 2.26. The molecule has 0 saturated carbocycles. The number of carbonyl (C=O) groups excluding carboxylic acids is 1. The molecule has 0 aliphatic carbocycles. The van der Waals surface area contributed by atoms with Crippen molar-refractivity contribution < 1.29 is 13.2 Å². The Balaban J connectivity index is 1.88. The van der Waals surface area contributed by atoms with Gasteiger partial charge < -0.3 is 0 Å². The summed E-state index contributed by atoms with van der Waals surface area (Å²) in [4.78, 5) is 12.8. The Morgan fingerprint density at radius 2 is 1.61 bits per heavy atom. The number of benzene rings is 3. The molecule has 3 aromatic rings. The summed E-state index contributed by atoms with van der Waals surface area (Å²) in [6.45, 7) is 5.07. The second-order valence-corrected chi connectivity index (χ2v) is 10.1. The van der Waals surface area contributed by atoms with Crippen molar-refractivity contribution in [2.75, 3.05) is 6.54 Å². The first-order valence-corrected chi connectivity index (χ1v) is 12.2. The fourth-order valence-electron chi connectivity index (χ4n) is 3.64. The Hall–Kier alpha value is -3.00. The van der Waals surface area contributed by atoms with Gasteiger partial charge in [0.2, 0.25) is 10.0 Å². The van der Waals surface area contributed by atoms with Crippen LogP contribution in [0.2, 0.25) is 5.02 Å². The number of halogens is 1. The maximum atomic E-state index is 13.7. The summed E-state index contributed by atoms with van der Waals surface area (Å²) >= 11 is 5.97. The Bertz CT molecular complexity index is 1230. The first kappa shape index (κ1) is 24.6. The molecule has 0 aliphatic heterocycles. The van der Waals surface area contributed by atoms with Crippen LogP contribution in [0.5, 0.6) is 0 Å². The fourth-order valence-corrected chi connectivity index (χ4v) is 5.56. The standard InChI is InChI=1S/C25H26ClN3O3S/c1-18-13-19(2)25(20(3)14-18)33(31,32)29(16-22-9-11-23(26)12-10-22)17-24(30)28-27-15-21-7-5-4-6-8-21/h4-15H,16-17H2,1-3H3,(H,28,30). The molecular weight excluding hydrogens is 458 g/mol. The quantitative estimate of drug-likeness (QED) is 0.375. The number of aryl methyl sites for hydroxylation is 3. The Kier molecular flexibility index (Phi) is 8.02. The highest BCUT2D eigenvalue weighted by molar-refractivity contribution is 7.89. The zero-order valence-electron chi connectivity index (χ0n) is 18.7. The second-order valence-electron chi connectivity index (χ2n) is 7.83. The van der Waals surface area contributed by atoms with Gasteiger partial charge in [-0.15, -0.1) is 0 Å². The van der Waals surface area contributed by atoms with E-state index in [0.29, 0.717) is 21.7 Å². The highest BCUT2D eigenvalue weighted by atomic mass is 35.5. The molecule has 0 aliphatic rings. The van der Waals surface area contributed by atoms with Gasteiger partial charge in [-0.05, 0) is 55.2 Å². The van der Waals surface area contributed by atoms with Crippen LogP contribution in [0.15, 0.2) is 76.7 Å². The van der Waals surface area contributed by atoms with Crippen molar-refractivity contribution in [3.8, 4) is 0 Å². The molecule has 8 heteroatoms. The number of rotatable bonds is 8. The fraction of sp³-hybridized carbons (Fsp3) is 0.200. The van der Waals surface area contributed by atoms with Crippen molar-refractivity contribution in [2.24, 2.45) is 5.10 Å². The average molecular weight is 484 g/mol. The van der Waals surface area contributed by atoms with Gasteiger partial charge in [-0.25, -0.2) is 13.8 Å². The van der Waals surface area contributed by atoms with E-state index in [4.69, 9.17) is 11.6 Å². The molecule has 3 rings (SSSR count). The van der Waals surface area contributed by atoms with E-state index in [1.54, 1.807) is 38.1 Å². The van der Waals surface area contributed by atoms with Crippen molar-refractivity contribution in [3.05, 3.63) is 99.6 Å². The summed E-state index contributed by atoms with van der Waals surface area (Å²) in [5.74, 6) is -0.540. The lowest BCUT2D eigenvalue weighted by molar-refractivity contribution is -0.121. The molecule has 0 saturated heterocycles. The molecule has 0 aromatic heterocycles. The number of hydrazone groups is 1. The van der Waals surface area contributed by atoms with E-state index < -0.39 is 15.9 Å². The normalized spacial score (nSPS) is 11.8. The van der Waals surface area contributed by atoms with Crippen LogP contribution in [0.1, 0.15) is 27.8 Å². The van der Waals surface area contributed by atoms with Crippen LogP contribution >= 0.6 is 11.6 Å². The van der Waals surface area contributed by atoms with Crippen LogP contribution in [0.4, 0.5) is 0 Å². The van der Waals surface area contributed by atoms with Crippen LogP contribution in [0.25, 0.3) is 0 Å². The average Bonchev–Trinajstić information content (AvgIpc) is 2.74. The molecule has 1 amide bonds. The van der Waals surface area contributed by atoms with Crippen molar-refractivity contribution in [2.45, 2.75) is 32.2 Å². The van der Waals surface area contributed by atoms with Gasteiger partial charge in [0, 0.05) is 11.6 Å². The van der Waals surface area contributed by atoms with Gasteiger partial charge >= 0.3 is 0 Å². The molecule has 0 heterocycles. The van der Waals surface area contributed by atoms with Crippen molar-refractivity contribution in [3.63, 3.8) is 0 Å². The molecule has 0 unspecified atom stereocenters. The Morgan fingerprint density at radius 3 is 2.21 bits per heavy atom. The predicted octanol–water partition coefficient (Wildman–Crippen LogP) is 4.61. The third-order valence-electron chi connectivity index (χ3n) is 5.00. The molecule has 0 radical (unpaired) electrons. The van der Waals surface area contributed by atoms with Crippen LogP contribution < -0.4 is 5.43 Å². The monoisotopic (exact) mass is 483 g/mol. The van der Waals surface area contributed by atoms with Crippen molar-refractivity contribution in [1.82, 2.24) is 9.73 Å². The minimum Gasteiger partial charge on any atom is -0.272 e. The van der Waals surface area contributed by atoms with E-state index in [9.17, 15) is 13.2 Å². The predicted molar refractivity (Wildman–Crippen MR) is 132 cm³/mol. The largest absolute Gasteiger partial charge is 0.272 e. The minimum atomic E-state index is -3.97. The topological polar surface area (TPSA) is 78.8 Å². The zero-order chi connectivity index (χ0) is 24.0. The zero-order valence-corrected chi connectivity index (χ0v) is 20.3. The molecule has 0 fully saturated rings. The van der Waals surface area contributed by atoms with E-state index in [2.05, 4.69) is 10.5 Å². The van der Waals surface area contributed by atoms with Crippen molar-refractivity contribution >= 4 is 33.7 Å². The summed E-state index contributed by atoms with van der Waals surface area (Å²) in [5, 5.41) is 4.50. The first-order valence-electron chi connectivity index (χ1n) is 10.4. The summed E-state index contributed by atoms with van der Waals surface area (Å²) < 4.78 is 28.5. The molecular formula is C25H26ClN3O3S. The number of nitrogens with zero attached hydrogens (tertiary/aromatic N) is 2. The number of amides is 1. The summed E-state index contributed by atoms with van der Waals surface area (Å²) in [6.07, 6.45) is 1.50. The van der Waals surface area contributed by atoms with E-state index in [0.717, 1.165) is 15.4 Å². The molecule has 0 spiro atoms. The van der Waals surface area contributed by atoms with Gasteiger partial charge in [0.05, 0.1) is 17.7 Å². The summed E-state index contributed by atoms with van der Waals surface area (Å²) in [7, 11) is -3.97. The lowest BCUT2D eigenvalue weighted by Gasteiger charge is -2.24. The van der Waals surface area contributed by atoms with Crippen molar-refractivity contribution in [1.29, 1.82) is 0 Å². The number of hydrogen-bond acceptors (Lipinski definition) is 4. The summed E-state index contributed by atoms with van der Waals surface area (Å²) in [5.41, 5.74) is 6.19. The number of sulfonamides is 1. The van der Waals surface area contributed by atoms with E-state index in [1.807, 2.05) is 49.4 Å². The molecule has 6 nitrogen and oxygen atoms in total. The minimum absolute atomic E-state index is 0.0160. The van der Waals surface area contributed by atoms with Gasteiger partial charge in [0.1, 0.15) is 0 Å². The molecule has 172 valence electrons. The van der Waals surface area contributed by atoms with Crippen LogP contribution in [0.3, 0.4) is 0 Å². The molecule has 0 bridgehead atoms. The molecule has 1 N–H and O–H groups in total. The number of carbonyl (C=O) groups is 1. The Morgan fingerprint density at radius 1 is 1.00 bits per heavy atom. The highest BCUT2D eigenvalue weighted by Gasteiger charge is 2.30. The molecule has 0 atom stereocenters. The van der Waals surface area contributed by atoms with E-state index in [1.165, 1.54) is 6.21 Å². The molecule has 33 heavy (non-hydrogen) atoms. The van der Waals surface area contributed by atoms with Gasteiger partial charge in [-0.2, -0.15) is 9.41 Å². The third-order valence-corrected chi connectivity index (χ3v) is 7.35. The smallest absolute Gasteiger partial charge is 0.255 e. The van der Waals surface area contributed by atoms with Crippen LogP contribution in [-0.2, 0) is 21.4 Å². The van der Waals surface area contributed by atoms with Crippen LogP contribution in [0, 0.1) is 20.8 Å². The van der Waals surface area contributed by atoms with Gasteiger partial charge in [-0.3, -0.25) is 4.79 Å². The number of hydrogen-bond donors (Lipinski definition) is 1. The van der Waals surface area contributed by atoms with Gasteiger partial charge in [0.15, 0.2) is 0 Å².